The number of nitrogens with zero attached hydrogens (tertiary/aromatic N) is 3. The maximum absolute atomic E-state index is 13.1. The quantitative estimate of drug-likeness (QED) is 0.567. The number of rotatable bonds is 5. The highest BCUT2D eigenvalue weighted by Gasteiger charge is 2.37. The third-order valence-electron chi connectivity index (χ3n) is 7.83. The third kappa shape index (κ3) is 5.42. The topological polar surface area (TPSA) is 53.1 Å². The molecule has 6 nitrogen and oxygen atoms in total. The Labute approximate surface area is 223 Å². The molecule has 0 N–H and O–H groups in total. The number of likely N-dealkylation sites (tertiary alicyclic amines) is 1. The fraction of sp³-hybridized carbons (Fsp3) is 0.500. The Balaban J connectivity index is 1.26. The zero-order valence-electron chi connectivity index (χ0n) is 20.7. The van der Waals surface area contributed by atoms with Crippen LogP contribution in [0.1, 0.15) is 35.2 Å². The van der Waals surface area contributed by atoms with Gasteiger partial charge >= 0.3 is 0 Å². The van der Waals surface area contributed by atoms with Crippen molar-refractivity contribution in [3.05, 3.63) is 57.6 Å². The molecule has 2 amide bonds. The van der Waals surface area contributed by atoms with Crippen molar-refractivity contribution in [1.29, 1.82) is 0 Å². The van der Waals surface area contributed by atoms with Gasteiger partial charge in [0.15, 0.2) is 0 Å². The lowest BCUT2D eigenvalue weighted by Gasteiger charge is -2.32. The molecule has 0 spiro atoms. The predicted octanol–water partition coefficient (Wildman–Crippen LogP) is 4.62. The molecule has 0 saturated carbocycles. The Morgan fingerprint density at radius 3 is 2.19 bits per heavy atom. The van der Waals surface area contributed by atoms with E-state index in [9.17, 15) is 9.59 Å². The highest BCUT2D eigenvalue weighted by molar-refractivity contribution is 6.36. The molecule has 2 aromatic rings. The van der Waals surface area contributed by atoms with Gasteiger partial charge in [-0.1, -0.05) is 35.3 Å². The number of likely N-dealkylation sites (N-methyl/N-ethyl adjacent to an activating group) is 1. The van der Waals surface area contributed by atoms with Crippen LogP contribution in [0.3, 0.4) is 0 Å². The SMILES string of the molecule is CN1CCN(C(=O)c2ccc(-c3cc(Cl)c(CC4CCN(C5CCOCC5)C4=O)c(Cl)c3)cc2)CC1. The molecule has 192 valence electrons. The number of carbonyl (C=O) groups excluding carboxylic acids is 2. The van der Waals surface area contributed by atoms with Crippen LogP contribution in [-0.4, -0.2) is 85.5 Å². The Bertz CT molecular complexity index is 1090. The molecule has 1 atom stereocenters. The van der Waals surface area contributed by atoms with Gasteiger partial charge in [0.05, 0.1) is 0 Å². The first-order chi connectivity index (χ1) is 17.4. The maximum Gasteiger partial charge on any atom is 0.253 e. The summed E-state index contributed by atoms with van der Waals surface area (Å²) in [4.78, 5) is 32.1. The average Bonchev–Trinajstić information content (AvgIpc) is 3.26. The molecule has 0 bridgehead atoms. The summed E-state index contributed by atoms with van der Waals surface area (Å²) < 4.78 is 5.45. The van der Waals surface area contributed by atoms with Gasteiger partial charge in [-0.25, -0.2) is 0 Å². The number of halogens is 2. The Kier molecular flexibility index (Phi) is 7.87. The summed E-state index contributed by atoms with van der Waals surface area (Å²) in [6.07, 6.45) is 3.20. The van der Waals surface area contributed by atoms with E-state index >= 15 is 0 Å². The molecule has 3 fully saturated rings. The minimum atomic E-state index is -0.0893. The molecule has 3 saturated heterocycles. The molecule has 3 aliphatic rings. The standard InChI is InChI=1S/C28H33Cl2N3O3/c1-31-10-12-32(13-11-31)27(34)20-4-2-19(3-5-20)22-17-25(29)24(26(30)18-22)16-21-6-9-33(28(21)35)23-7-14-36-15-8-23/h2-5,17-18,21,23H,6-16H2,1H3. The summed E-state index contributed by atoms with van der Waals surface area (Å²) in [5.74, 6) is 0.185. The number of amides is 2. The highest BCUT2D eigenvalue weighted by atomic mass is 35.5. The number of carbonyl (C=O) groups is 2. The molecule has 8 heteroatoms. The zero-order valence-corrected chi connectivity index (χ0v) is 22.2. The lowest BCUT2D eigenvalue weighted by molar-refractivity contribution is -0.134. The second-order valence-electron chi connectivity index (χ2n) is 10.2. The summed E-state index contributed by atoms with van der Waals surface area (Å²) in [6.45, 7) is 5.54. The van der Waals surface area contributed by atoms with Gasteiger partial charge in [-0.05, 0) is 73.7 Å². The largest absolute Gasteiger partial charge is 0.381 e. The number of hydrogen-bond donors (Lipinski definition) is 0. The van der Waals surface area contributed by atoms with Crippen LogP contribution in [-0.2, 0) is 16.0 Å². The van der Waals surface area contributed by atoms with E-state index in [0.717, 1.165) is 81.9 Å². The Hall–Kier alpha value is -2.12. The second kappa shape index (κ2) is 11.1. The highest BCUT2D eigenvalue weighted by Crippen LogP contribution is 2.36. The number of hydrogen-bond acceptors (Lipinski definition) is 4. The summed E-state index contributed by atoms with van der Waals surface area (Å²) in [5, 5.41) is 1.15. The first-order valence-electron chi connectivity index (χ1n) is 12.8. The first-order valence-corrected chi connectivity index (χ1v) is 13.6. The van der Waals surface area contributed by atoms with Gasteiger partial charge in [0.2, 0.25) is 5.91 Å². The lowest BCUT2D eigenvalue weighted by Crippen LogP contribution is -2.47. The summed E-state index contributed by atoms with van der Waals surface area (Å²) in [7, 11) is 2.08. The van der Waals surface area contributed by atoms with Gasteiger partial charge < -0.3 is 19.4 Å². The molecule has 0 radical (unpaired) electrons. The Morgan fingerprint density at radius 1 is 0.917 bits per heavy atom. The van der Waals surface area contributed by atoms with Gasteiger partial charge in [0.25, 0.3) is 5.91 Å². The molecule has 3 aliphatic heterocycles. The second-order valence-corrected chi connectivity index (χ2v) is 11.0. The molecular formula is C28H33Cl2N3O3. The monoisotopic (exact) mass is 529 g/mol. The van der Waals surface area contributed by atoms with Gasteiger partial charge in [0, 0.05) is 73.5 Å². The lowest BCUT2D eigenvalue weighted by atomic mass is 9.95. The maximum atomic E-state index is 13.1. The van der Waals surface area contributed by atoms with E-state index in [4.69, 9.17) is 27.9 Å². The van der Waals surface area contributed by atoms with Crippen molar-refractivity contribution in [2.45, 2.75) is 31.7 Å². The van der Waals surface area contributed by atoms with Crippen molar-refractivity contribution in [2.75, 3.05) is 53.0 Å². The van der Waals surface area contributed by atoms with Crippen LogP contribution in [0.25, 0.3) is 11.1 Å². The normalized spacial score (nSPS) is 21.9. The summed E-state index contributed by atoms with van der Waals surface area (Å²) in [6, 6.07) is 11.7. The van der Waals surface area contributed by atoms with Crippen molar-refractivity contribution in [3.8, 4) is 11.1 Å². The van der Waals surface area contributed by atoms with Gasteiger partial charge in [-0.15, -0.1) is 0 Å². The molecule has 5 rings (SSSR count). The fourth-order valence-corrected chi connectivity index (χ4v) is 6.16. The summed E-state index contributed by atoms with van der Waals surface area (Å²) >= 11 is 13.4. The van der Waals surface area contributed by atoms with Gasteiger partial charge in [-0.3, -0.25) is 9.59 Å². The minimum Gasteiger partial charge on any atom is -0.381 e. The van der Waals surface area contributed by atoms with E-state index in [2.05, 4.69) is 11.9 Å². The third-order valence-corrected chi connectivity index (χ3v) is 8.50. The van der Waals surface area contributed by atoms with E-state index < -0.39 is 0 Å². The van der Waals surface area contributed by atoms with Crippen LogP contribution in [0.2, 0.25) is 10.0 Å². The van der Waals surface area contributed by atoms with Crippen molar-refractivity contribution in [1.82, 2.24) is 14.7 Å². The van der Waals surface area contributed by atoms with Gasteiger partial charge in [-0.2, -0.15) is 0 Å². The van der Waals surface area contributed by atoms with Crippen molar-refractivity contribution < 1.29 is 14.3 Å². The first kappa shape index (κ1) is 25.5. The van der Waals surface area contributed by atoms with Crippen LogP contribution in [0.5, 0.6) is 0 Å². The molecule has 0 aromatic heterocycles. The Morgan fingerprint density at radius 2 is 1.56 bits per heavy atom. The molecule has 2 aromatic carbocycles. The zero-order chi connectivity index (χ0) is 25.2. The molecule has 1 unspecified atom stereocenters. The van der Waals surface area contributed by atoms with Crippen LogP contribution in [0.15, 0.2) is 36.4 Å². The number of ether oxygens (including phenoxy) is 1. The van der Waals surface area contributed by atoms with E-state index in [1.807, 2.05) is 46.2 Å². The minimum absolute atomic E-state index is 0.0667. The van der Waals surface area contributed by atoms with Crippen LogP contribution in [0, 0.1) is 5.92 Å². The molecule has 36 heavy (non-hydrogen) atoms. The van der Waals surface area contributed by atoms with Crippen molar-refractivity contribution >= 4 is 35.0 Å². The van der Waals surface area contributed by atoms with Crippen LogP contribution < -0.4 is 0 Å². The van der Waals surface area contributed by atoms with Crippen molar-refractivity contribution in [2.24, 2.45) is 5.92 Å². The smallest absolute Gasteiger partial charge is 0.253 e. The molecule has 3 heterocycles. The average molecular weight is 530 g/mol. The molecule has 0 aliphatic carbocycles. The fourth-order valence-electron chi connectivity index (χ4n) is 5.52. The number of benzene rings is 2. The predicted molar refractivity (Wildman–Crippen MR) is 143 cm³/mol. The van der Waals surface area contributed by atoms with E-state index in [1.54, 1.807) is 0 Å². The van der Waals surface area contributed by atoms with Crippen LogP contribution in [0.4, 0.5) is 0 Å². The van der Waals surface area contributed by atoms with Crippen molar-refractivity contribution in [3.63, 3.8) is 0 Å². The van der Waals surface area contributed by atoms with E-state index in [1.165, 1.54) is 0 Å². The van der Waals surface area contributed by atoms with Crippen LogP contribution >= 0.6 is 23.2 Å². The number of piperazine rings is 1. The van der Waals surface area contributed by atoms with Gasteiger partial charge in [0.1, 0.15) is 0 Å². The van der Waals surface area contributed by atoms with E-state index in [0.29, 0.717) is 22.0 Å². The molecular weight excluding hydrogens is 497 g/mol. The van der Waals surface area contributed by atoms with E-state index in [-0.39, 0.29) is 23.8 Å². The summed E-state index contributed by atoms with van der Waals surface area (Å²) in [5.41, 5.74) is 3.36.